The van der Waals surface area contributed by atoms with Crippen LogP contribution < -0.4 is 5.73 Å². The van der Waals surface area contributed by atoms with Crippen molar-refractivity contribution in [1.82, 2.24) is 4.90 Å². The lowest BCUT2D eigenvalue weighted by molar-refractivity contribution is -0.129. The average molecular weight is 262 g/mol. The van der Waals surface area contributed by atoms with Crippen molar-refractivity contribution >= 4 is 12.0 Å². The molecule has 0 bridgehead atoms. The first-order valence-electron chi connectivity index (χ1n) is 6.65. The third-order valence-corrected chi connectivity index (χ3v) is 3.49. The number of carbonyl (C=O) groups excluding carboxylic acids is 1. The van der Waals surface area contributed by atoms with Crippen molar-refractivity contribution in [2.45, 2.75) is 25.3 Å². The summed E-state index contributed by atoms with van der Waals surface area (Å²) in [6.45, 7) is 1.22. The molecular weight excluding hydrogens is 243 g/mol. The number of nitrogens with zero attached hydrogens (tertiary/aromatic N) is 1. The van der Waals surface area contributed by atoms with E-state index in [1.807, 2.05) is 0 Å². The Hall–Kier alpha value is -1.68. The van der Waals surface area contributed by atoms with Crippen LogP contribution in [0.25, 0.3) is 6.08 Å². The summed E-state index contributed by atoms with van der Waals surface area (Å²) in [4.78, 5) is 13.9. The largest absolute Gasteiger partial charge is 0.335 e. The number of nitrogens with two attached hydrogens (primary N) is 1. The zero-order chi connectivity index (χ0) is 13.7. The summed E-state index contributed by atoms with van der Waals surface area (Å²) in [5, 5.41) is 0. The second kappa shape index (κ2) is 6.48. The molecule has 1 fully saturated rings. The molecule has 2 rings (SSSR count). The minimum atomic E-state index is -0.319. The lowest BCUT2D eigenvalue weighted by atomic mass is 10.0. The summed E-state index contributed by atoms with van der Waals surface area (Å²) in [7, 11) is 0. The van der Waals surface area contributed by atoms with Gasteiger partial charge in [0.1, 0.15) is 5.82 Å². The minimum absolute atomic E-state index is 0.0848. The van der Waals surface area contributed by atoms with Gasteiger partial charge in [-0.2, -0.15) is 0 Å². The fraction of sp³-hybridized carbons (Fsp3) is 0.400. The molecule has 1 unspecified atom stereocenters. The van der Waals surface area contributed by atoms with E-state index >= 15 is 0 Å². The van der Waals surface area contributed by atoms with Crippen LogP contribution in [0.15, 0.2) is 30.3 Å². The number of likely N-dealkylation sites (tertiary alicyclic amines) is 1. The normalized spacial score (nSPS) is 19.9. The first kappa shape index (κ1) is 13.7. The van der Waals surface area contributed by atoms with Crippen LogP contribution in [-0.4, -0.2) is 29.9 Å². The zero-order valence-corrected chi connectivity index (χ0v) is 10.9. The van der Waals surface area contributed by atoms with Gasteiger partial charge in [-0.15, -0.1) is 0 Å². The van der Waals surface area contributed by atoms with Crippen LogP contribution in [0.5, 0.6) is 0 Å². The fourth-order valence-corrected chi connectivity index (χ4v) is 2.40. The molecule has 0 radical (unpaired) electrons. The fourth-order valence-electron chi connectivity index (χ4n) is 2.40. The monoisotopic (exact) mass is 262 g/mol. The van der Waals surface area contributed by atoms with E-state index in [0.717, 1.165) is 25.8 Å². The van der Waals surface area contributed by atoms with Gasteiger partial charge in [0, 0.05) is 30.8 Å². The van der Waals surface area contributed by atoms with Gasteiger partial charge in [0.25, 0.3) is 0 Å². The van der Waals surface area contributed by atoms with Gasteiger partial charge in [-0.3, -0.25) is 4.79 Å². The Balaban J connectivity index is 2.06. The van der Waals surface area contributed by atoms with Crippen LogP contribution in [-0.2, 0) is 4.79 Å². The Labute approximate surface area is 112 Å². The topological polar surface area (TPSA) is 46.3 Å². The van der Waals surface area contributed by atoms with Crippen molar-refractivity contribution < 1.29 is 9.18 Å². The highest BCUT2D eigenvalue weighted by Gasteiger charge is 2.23. The molecule has 1 amide bonds. The molecule has 4 heteroatoms. The van der Waals surface area contributed by atoms with E-state index in [-0.39, 0.29) is 17.8 Å². The van der Waals surface area contributed by atoms with Crippen molar-refractivity contribution in [2.75, 3.05) is 13.1 Å². The van der Waals surface area contributed by atoms with Crippen LogP contribution in [0.1, 0.15) is 24.8 Å². The minimum Gasteiger partial charge on any atom is -0.335 e. The van der Waals surface area contributed by atoms with Crippen molar-refractivity contribution in [3.05, 3.63) is 41.7 Å². The molecule has 2 N–H and O–H groups in total. The zero-order valence-electron chi connectivity index (χ0n) is 10.9. The Bertz CT molecular complexity index is 473. The molecule has 0 spiro atoms. The van der Waals surface area contributed by atoms with E-state index in [9.17, 15) is 9.18 Å². The van der Waals surface area contributed by atoms with Gasteiger partial charge < -0.3 is 10.6 Å². The number of amides is 1. The highest BCUT2D eigenvalue weighted by Crippen LogP contribution is 2.17. The predicted molar refractivity (Wildman–Crippen MR) is 73.8 cm³/mol. The van der Waals surface area contributed by atoms with E-state index in [1.165, 1.54) is 18.2 Å². The molecule has 1 aliphatic rings. The van der Waals surface area contributed by atoms with Gasteiger partial charge in [-0.05, 0) is 31.4 Å². The highest BCUT2D eigenvalue weighted by atomic mass is 19.1. The maximum Gasteiger partial charge on any atom is 0.246 e. The third kappa shape index (κ3) is 3.41. The average Bonchev–Trinajstić information content (AvgIpc) is 2.46. The summed E-state index contributed by atoms with van der Waals surface area (Å²) in [6.07, 6.45) is 6.04. The van der Waals surface area contributed by atoms with Gasteiger partial charge in [0.2, 0.25) is 5.91 Å². The summed E-state index contributed by atoms with van der Waals surface area (Å²) in [6, 6.07) is 6.52. The van der Waals surface area contributed by atoms with E-state index in [4.69, 9.17) is 5.73 Å². The molecule has 3 nitrogen and oxygen atoms in total. The second-order valence-corrected chi connectivity index (χ2v) is 4.77. The summed E-state index contributed by atoms with van der Waals surface area (Å²) in [5.41, 5.74) is 6.11. The smallest absolute Gasteiger partial charge is 0.246 e. The SMILES string of the molecule is NCC1CCCCN1C(=O)C=Cc1ccccc1F. The van der Waals surface area contributed by atoms with Crippen LogP contribution in [0, 0.1) is 5.82 Å². The van der Waals surface area contributed by atoms with Crippen LogP contribution in [0.4, 0.5) is 4.39 Å². The molecular formula is C15H19FN2O. The molecule has 19 heavy (non-hydrogen) atoms. The number of carbonyl (C=O) groups is 1. The molecule has 1 aromatic carbocycles. The Morgan fingerprint density at radius 2 is 2.21 bits per heavy atom. The van der Waals surface area contributed by atoms with Crippen molar-refractivity contribution in [3.8, 4) is 0 Å². The van der Waals surface area contributed by atoms with Crippen LogP contribution in [0.3, 0.4) is 0 Å². The standard InChI is InChI=1S/C15H19FN2O/c16-14-7-2-1-5-12(14)8-9-15(19)18-10-4-3-6-13(18)11-17/h1-2,5,7-9,13H,3-4,6,10-11,17H2. The van der Waals surface area contributed by atoms with E-state index in [0.29, 0.717) is 12.1 Å². The third-order valence-electron chi connectivity index (χ3n) is 3.49. The summed E-state index contributed by atoms with van der Waals surface area (Å²) >= 11 is 0. The Morgan fingerprint density at radius 3 is 2.95 bits per heavy atom. The lowest BCUT2D eigenvalue weighted by Gasteiger charge is -2.34. The number of piperidine rings is 1. The van der Waals surface area contributed by atoms with Gasteiger partial charge in [-0.1, -0.05) is 18.2 Å². The Kier molecular flexibility index (Phi) is 4.68. The number of rotatable bonds is 3. The molecule has 0 saturated carbocycles. The maximum absolute atomic E-state index is 13.4. The van der Waals surface area contributed by atoms with Crippen LogP contribution >= 0.6 is 0 Å². The van der Waals surface area contributed by atoms with E-state index < -0.39 is 0 Å². The van der Waals surface area contributed by atoms with E-state index in [2.05, 4.69) is 0 Å². The number of hydrogen-bond donors (Lipinski definition) is 1. The van der Waals surface area contributed by atoms with Crippen molar-refractivity contribution in [3.63, 3.8) is 0 Å². The van der Waals surface area contributed by atoms with Gasteiger partial charge in [0.15, 0.2) is 0 Å². The van der Waals surface area contributed by atoms with Crippen LogP contribution in [0.2, 0.25) is 0 Å². The van der Waals surface area contributed by atoms with Gasteiger partial charge in [-0.25, -0.2) is 4.39 Å². The first-order valence-corrected chi connectivity index (χ1v) is 6.65. The quantitative estimate of drug-likeness (QED) is 0.849. The number of benzene rings is 1. The number of halogens is 1. The second-order valence-electron chi connectivity index (χ2n) is 4.77. The molecule has 1 aromatic rings. The molecule has 102 valence electrons. The van der Waals surface area contributed by atoms with Crippen molar-refractivity contribution in [1.29, 1.82) is 0 Å². The first-order chi connectivity index (χ1) is 9.22. The highest BCUT2D eigenvalue weighted by molar-refractivity contribution is 5.92. The molecule has 1 aliphatic heterocycles. The molecule has 0 aliphatic carbocycles. The molecule has 0 aromatic heterocycles. The Morgan fingerprint density at radius 1 is 1.42 bits per heavy atom. The van der Waals surface area contributed by atoms with Gasteiger partial charge >= 0.3 is 0 Å². The van der Waals surface area contributed by atoms with Gasteiger partial charge in [0.05, 0.1) is 0 Å². The molecule has 1 saturated heterocycles. The number of hydrogen-bond acceptors (Lipinski definition) is 2. The molecule has 1 atom stereocenters. The van der Waals surface area contributed by atoms with E-state index in [1.54, 1.807) is 23.1 Å². The maximum atomic E-state index is 13.4. The van der Waals surface area contributed by atoms with Crippen molar-refractivity contribution in [2.24, 2.45) is 5.73 Å². The molecule has 1 heterocycles. The summed E-state index contributed by atoms with van der Waals surface area (Å²) in [5.74, 6) is -0.404. The lowest BCUT2D eigenvalue weighted by Crippen LogP contribution is -2.46. The summed E-state index contributed by atoms with van der Waals surface area (Å²) < 4.78 is 13.4. The predicted octanol–water partition coefficient (Wildman–Crippen LogP) is 2.18.